The first-order valence-corrected chi connectivity index (χ1v) is 6.97. The number of fused-ring (bicyclic) bond motifs is 1. The highest BCUT2D eigenvalue weighted by Gasteiger charge is 2.15. The first-order valence-electron chi connectivity index (χ1n) is 6.97. The molecule has 0 aliphatic heterocycles. The fourth-order valence-corrected chi connectivity index (χ4v) is 2.43. The van der Waals surface area contributed by atoms with Gasteiger partial charge in [0.05, 0.1) is 17.6 Å². The molecule has 1 heterocycles. The summed E-state index contributed by atoms with van der Waals surface area (Å²) in [5, 5.41) is 0.604. The predicted molar refractivity (Wildman–Crippen MR) is 83.8 cm³/mol. The molecule has 2 aromatic carbocycles. The minimum Gasteiger partial charge on any atom is -0.493 e. The molecule has 0 aliphatic carbocycles. The van der Waals surface area contributed by atoms with Crippen LogP contribution in [0.1, 0.15) is 12.5 Å². The van der Waals surface area contributed by atoms with Crippen LogP contribution in [0.25, 0.3) is 22.3 Å². The quantitative estimate of drug-likeness (QED) is 0.723. The first kappa shape index (κ1) is 13.4. The van der Waals surface area contributed by atoms with Crippen molar-refractivity contribution in [1.29, 1.82) is 0 Å². The number of ether oxygens (including phenoxy) is 1. The van der Waals surface area contributed by atoms with E-state index >= 15 is 0 Å². The van der Waals surface area contributed by atoms with Gasteiger partial charge in [0, 0.05) is 5.56 Å². The molecule has 3 nitrogen and oxygen atoms in total. The van der Waals surface area contributed by atoms with Gasteiger partial charge in [0.25, 0.3) is 0 Å². The fraction of sp³-hybridized carbons (Fsp3) is 0.167. The van der Waals surface area contributed by atoms with Gasteiger partial charge in [0.1, 0.15) is 17.1 Å². The maximum Gasteiger partial charge on any atom is 0.196 e. The smallest absolute Gasteiger partial charge is 0.196 e. The molecular formula is C18H16O3. The lowest BCUT2D eigenvalue weighted by Gasteiger charge is -2.11. The molecule has 0 saturated carbocycles. The van der Waals surface area contributed by atoms with E-state index < -0.39 is 0 Å². The van der Waals surface area contributed by atoms with Crippen molar-refractivity contribution >= 4 is 11.0 Å². The summed E-state index contributed by atoms with van der Waals surface area (Å²) < 4.78 is 11.6. The number of para-hydroxylation sites is 2. The molecule has 3 rings (SSSR count). The molecule has 0 radical (unpaired) electrons. The van der Waals surface area contributed by atoms with Gasteiger partial charge in [0.15, 0.2) is 5.43 Å². The van der Waals surface area contributed by atoms with Gasteiger partial charge in [0.2, 0.25) is 0 Å². The average molecular weight is 280 g/mol. The van der Waals surface area contributed by atoms with Gasteiger partial charge in [-0.1, -0.05) is 24.3 Å². The number of hydrogen-bond donors (Lipinski definition) is 0. The van der Waals surface area contributed by atoms with Gasteiger partial charge in [-0.2, -0.15) is 0 Å². The Kier molecular flexibility index (Phi) is 3.48. The molecular weight excluding hydrogens is 264 g/mol. The van der Waals surface area contributed by atoms with Crippen LogP contribution in [0.4, 0.5) is 0 Å². The van der Waals surface area contributed by atoms with Crippen LogP contribution in [0.3, 0.4) is 0 Å². The second-order valence-electron chi connectivity index (χ2n) is 4.81. The lowest BCUT2D eigenvalue weighted by Crippen LogP contribution is -2.07. The maximum atomic E-state index is 12.5. The molecule has 21 heavy (non-hydrogen) atoms. The zero-order valence-corrected chi connectivity index (χ0v) is 12.1. The molecule has 0 saturated heterocycles. The molecule has 0 unspecified atom stereocenters. The predicted octanol–water partition coefficient (Wildman–Crippen LogP) is 4.17. The van der Waals surface area contributed by atoms with E-state index in [-0.39, 0.29) is 5.43 Å². The highest BCUT2D eigenvalue weighted by atomic mass is 16.5. The van der Waals surface area contributed by atoms with Crippen molar-refractivity contribution in [1.82, 2.24) is 0 Å². The zero-order valence-electron chi connectivity index (χ0n) is 12.1. The van der Waals surface area contributed by atoms with Gasteiger partial charge >= 0.3 is 0 Å². The van der Waals surface area contributed by atoms with Crippen LogP contribution in [-0.4, -0.2) is 6.61 Å². The minimum atomic E-state index is -0.00171. The van der Waals surface area contributed by atoms with Crippen molar-refractivity contribution in [3.8, 4) is 17.1 Å². The molecule has 0 aliphatic rings. The molecule has 0 bridgehead atoms. The average Bonchev–Trinajstić information content (AvgIpc) is 2.52. The van der Waals surface area contributed by atoms with Crippen molar-refractivity contribution < 1.29 is 9.15 Å². The Morgan fingerprint density at radius 2 is 1.76 bits per heavy atom. The molecule has 3 heteroatoms. The lowest BCUT2D eigenvalue weighted by atomic mass is 10.0. The highest BCUT2D eigenvalue weighted by molar-refractivity contribution is 5.81. The highest BCUT2D eigenvalue weighted by Crippen LogP contribution is 2.32. The van der Waals surface area contributed by atoms with Crippen LogP contribution >= 0.6 is 0 Å². The summed E-state index contributed by atoms with van der Waals surface area (Å²) >= 11 is 0. The molecule has 0 amide bonds. The molecule has 0 atom stereocenters. The standard InChI is InChI=1S/C18H16O3/c1-3-20-15-10-6-5-9-14(15)18-12(2)17(19)13-8-4-7-11-16(13)21-18/h4-11H,3H2,1-2H3. The van der Waals surface area contributed by atoms with Crippen LogP contribution in [-0.2, 0) is 0 Å². The second kappa shape index (κ2) is 5.44. The summed E-state index contributed by atoms with van der Waals surface area (Å²) in [6.45, 7) is 4.28. The summed E-state index contributed by atoms with van der Waals surface area (Å²) in [6, 6.07) is 14.9. The number of rotatable bonds is 3. The van der Waals surface area contributed by atoms with E-state index in [0.717, 1.165) is 11.3 Å². The Hall–Kier alpha value is -2.55. The normalized spacial score (nSPS) is 10.8. The largest absolute Gasteiger partial charge is 0.493 e. The summed E-state index contributed by atoms with van der Waals surface area (Å²) in [7, 11) is 0. The van der Waals surface area contributed by atoms with Crippen molar-refractivity contribution in [3.05, 3.63) is 64.3 Å². The monoisotopic (exact) mass is 280 g/mol. The van der Waals surface area contributed by atoms with E-state index in [4.69, 9.17) is 9.15 Å². The van der Waals surface area contributed by atoms with Crippen molar-refractivity contribution in [2.24, 2.45) is 0 Å². The Balaban J connectivity index is 2.31. The number of benzene rings is 2. The van der Waals surface area contributed by atoms with E-state index in [2.05, 4.69) is 0 Å². The molecule has 106 valence electrons. The molecule has 0 spiro atoms. The molecule has 3 aromatic rings. The van der Waals surface area contributed by atoms with Gasteiger partial charge in [-0.05, 0) is 38.1 Å². The van der Waals surface area contributed by atoms with E-state index in [0.29, 0.717) is 28.9 Å². The third-order valence-electron chi connectivity index (χ3n) is 3.46. The van der Waals surface area contributed by atoms with E-state index in [9.17, 15) is 4.79 Å². The van der Waals surface area contributed by atoms with Crippen molar-refractivity contribution in [2.45, 2.75) is 13.8 Å². The van der Waals surface area contributed by atoms with Crippen LogP contribution in [0.2, 0.25) is 0 Å². The molecule has 0 N–H and O–H groups in total. The van der Waals surface area contributed by atoms with Crippen LogP contribution in [0, 0.1) is 6.92 Å². The van der Waals surface area contributed by atoms with Gasteiger partial charge in [-0.25, -0.2) is 0 Å². The fourth-order valence-electron chi connectivity index (χ4n) is 2.43. The summed E-state index contributed by atoms with van der Waals surface area (Å²) in [6.07, 6.45) is 0. The minimum absolute atomic E-state index is 0.00171. The molecule has 1 aromatic heterocycles. The SMILES string of the molecule is CCOc1ccccc1-c1oc2ccccc2c(=O)c1C. The third-order valence-corrected chi connectivity index (χ3v) is 3.46. The topological polar surface area (TPSA) is 39.4 Å². The van der Waals surface area contributed by atoms with Crippen molar-refractivity contribution in [2.75, 3.05) is 6.61 Å². The third kappa shape index (κ3) is 2.31. The zero-order chi connectivity index (χ0) is 14.8. The Bertz CT molecular complexity index is 846. The van der Waals surface area contributed by atoms with E-state index in [1.165, 1.54) is 0 Å². The second-order valence-corrected chi connectivity index (χ2v) is 4.81. The Morgan fingerprint density at radius 3 is 2.57 bits per heavy atom. The maximum absolute atomic E-state index is 12.5. The lowest BCUT2D eigenvalue weighted by molar-refractivity contribution is 0.341. The van der Waals surface area contributed by atoms with Gasteiger partial charge in [-0.3, -0.25) is 4.79 Å². The molecule has 0 fully saturated rings. The Morgan fingerprint density at radius 1 is 1.05 bits per heavy atom. The first-order chi connectivity index (χ1) is 10.2. The number of hydrogen-bond acceptors (Lipinski definition) is 3. The van der Waals surface area contributed by atoms with E-state index in [1.807, 2.05) is 49.4 Å². The van der Waals surface area contributed by atoms with Gasteiger partial charge < -0.3 is 9.15 Å². The van der Waals surface area contributed by atoms with Crippen LogP contribution in [0.15, 0.2) is 57.7 Å². The summed E-state index contributed by atoms with van der Waals surface area (Å²) in [4.78, 5) is 12.5. The van der Waals surface area contributed by atoms with Crippen LogP contribution in [0.5, 0.6) is 5.75 Å². The van der Waals surface area contributed by atoms with Gasteiger partial charge in [-0.15, -0.1) is 0 Å². The summed E-state index contributed by atoms with van der Waals surface area (Å²) in [5.74, 6) is 1.30. The Labute approximate surface area is 122 Å². The van der Waals surface area contributed by atoms with E-state index in [1.54, 1.807) is 13.0 Å². The van der Waals surface area contributed by atoms with Crippen LogP contribution < -0.4 is 10.2 Å². The van der Waals surface area contributed by atoms with Crippen molar-refractivity contribution in [3.63, 3.8) is 0 Å². The summed E-state index contributed by atoms with van der Waals surface area (Å²) in [5.41, 5.74) is 1.99.